The number of hydrogen-bond donors (Lipinski definition) is 1. The van der Waals surface area contributed by atoms with E-state index in [0.29, 0.717) is 12.1 Å². The molecule has 1 aromatic carbocycles. The van der Waals surface area contributed by atoms with E-state index < -0.39 is 0 Å². The number of nitrogens with one attached hydrogen (secondary N) is 1. The van der Waals surface area contributed by atoms with Gasteiger partial charge < -0.3 is 4.74 Å². The van der Waals surface area contributed by atoms with Gasteiger partial charge in [-0.3, -0.25) is 5.32 Å². The summed E-state index contributed by atoms with van der Waals surface area (Å²) in [6, 6.07) is 7.38. The normalized spacial score (nSPS) is 18.9. The molecule has 1 aromatic rings. The van der Waals surface area contributed by atoms with Crippen molar-refractivity contribution in [3.63, 3.8) is 0 Å². The molecule has 0 aliphatic carbocycles. The summed E-state index contributed by atoms with van der Waals surface area (Å²) in [5.41, 5.74) is 1.55. The van der Waals surface area contributed by atoms with E-state index in [4.69, 9.17) is 4.74 Å². The molecule has 0 radical (unpaired) electrons. The molecule has 0 spiro atoms. The Morgan fingerprint density at radius 3 is 3.07 bits per heavy atom. The third-order valence-electron chi connectivity index (χ3n) is 2.14. The van der Waals surface area contributed by atoms with Crippen LogP contribution in [0, 0.1) is 0 Å². The summed E-state index contributed by atoms with van der Waals surface area (Å²) in [6.07, 6.45) is 1.41. The van der Waals surface area contributed by atoms with E-state index >= 15 is 0 Å². The molecular formula is C11H11NO2. The zero-order chi connectivity index (χ0) is 9.97. The van der Waals surface area contributed by atoms with Gasteiger partial charge in [-0.05, 0) is 6.07 Å². The molecule has 1 unspecified atom stereocenters. The van der Waals surface area contributed by atoms with E-state index in [0.717, 1.165) is 5.56 Å². The van der Waals surface area contributed by atoms with Gasteiger partial charge >= 0.3 is 5.97 Å². The van der Waals surface area contributed by atoms with Gasteiger partial charge in [0.1, 0.15) is 0 Å². The second kappa shape index (κ2) is 3.64. The van der Waals surface area contributed by atoms with Crippen LogP contribution in [-0.4, -0.2) is 12.5 Å². The molecule has 1 N–H and O–H groups in total. The van der Waals surface area contributed by atoms with Crippen LogP contribution in [-0.2, 0) is 4.74 Å². The molecule has 14 heavy (non-hydrogen) atoms. The van der Waals surface area contributed by atoms with Crippen molar-refractivity contribution in [2.75, 3.05) is 6.54 Å². The van der Waals surface area contributed by atoms with E-state index in [-0.39, 0.29) is 12.2 Å². The highest BCUT2D eigenvalue weighted by atomic mass is 16.6. The number of esters is 1. The highest BCUT2D eigenvalue weighted by Crippen LogP contribution is 2.27. The van der Waals surface area contributed by atoms with Gasteiger partial charge in [0, 0.05) is 12.1 Å². The number of hydrogen-bond acceptors (Lipinski definition) is 3. The topological polar surface area (TPSA) is 38.3 Å². The molecule has 3 heteroatoms. The number of benzene rings is 1. The largest absolute Gasteiger partial charge is 0.439 e. The smallest absolute Gasteiger partial charge is 0.340 e. The van der Waals surface area contributed by atoms with Gasteiger partial charge in [0.05, 0.1) is 5.56 Å². The molecule has 1 aliphatic heterocycles. The Morgan fingerprint density at radius 2 is 2.29 bits per heavy atom. The zero-order valence-electron chi connectivity index (χ0n) is 7.69. The predicted molar refractivity (Wildman–Crippen MR) is 52.8 cm³/mol. The van der Waals surface area contributed by atoms with Crippen LogP contribution in [0.1, 0.15) is 22.1 Å². The Morgan fingerprint density at radius 1 is 1.50 bits per heavy atom. The number of carbonyl (C=O) groups is 1. The van der Waals surface area contributed by atoms with Crippen LogP contribution in [0.3, 0.4) is 0 Å². The molecule has 0 saturated carbocycles. The first kappa shape index (κ1) is 8.97. The van der Waals surface area contributed by atoms with E-state index in [1.807, 2.05) is 18.2 Å². The molecule has 0 saturated heterocycles. The minimum atomic E-state index is -0.323. The summed E-state index contributed by atoms with van der Waals surface area (Å²) >= 11 is 0. The number of cyclic esters (lactones) is 1. The molecular weight excluding hydrogens is 178 g/mol. The first-order valence-electron chi connectivity index (χ1n) is 4.47. The predicted octanol–water partition coefficient (Wildman–Crippen LogP) is 1.63. The molecule has 1 atom stereocenters. The summed E-state index contributed by atoms with van der Waals surface area (Å²) < 4.78 is 5.14. The Hall–Kier alpha value is -1.61. The Balaban J connectivity index is 2.25. The van der Waals surface area contributed by atoms with Gasteiger partial charge in [0.25, 0.3) is 0 Å². The average Bonchev–Trinajstić information content (AvgIpc) is 2.54. The summed E-state index contributed by atoms with van der Waals surface area (Å²) in [6.45, 7) is 4.21. The number of fused-ring (bicyclic) bond motifs is 1. The van der Waals surface area contributed by atoms with Crippen LogP contribution in [0.2, 0.25) is 0 Å². The Kier molecular flexibility index (Phi) is 2.33. The van der Waals surface area contributed by atoms with E-state index in [9.17, 15) is 4.79 Å². The highest BCUT2D eigenvalue weighted by molar-refractivity contribution is 5.93. The average molecular weight is 189 g/mol. The van der Waals surface area contributed by atoms with E-state index in [1.54, 1.807) is 12.1 Å². The van der Waals surface area contributed by atoms with Crippen molar-refractivity contribution in [2.45, 2.75) is 6.23 Å². The van der Waals surface area contributed by atoms with Crippen molar-refractivity contribution >= 4 is 5.97 Å². The maximum Gasteiger partial charge on any atom is 0.340 e. The second-order valence-corrected chi connectivity index (χ2v) is 3.07. The lowest BCUT2D eigenvalue weighted by Crippen LogP contribution is -2.20. The third-order valence-corrected chi connectivity index (χ3v) is 2.14. The lowest BCUT2D eigenvalue weighted by molar-refractivity contribution is 0.0318. The lowest BCUT2D eigenvalue weighted by Gasteiger charge is -2.10. The Labute approximate surface area is 82.4 Å². The number of carbonyl (C=O) groups excluding carboxylic acids is 1. The second-order valence-electron chi connectivity index (χ2n) is 3.07. The maximum absolute atomic E-state index is 11.4. The summed E-state index contributed by atoms with van der Waals surface area (Å²) in [4.78, 5) is 11.4. The summed E-state index contributed by atoms with van der Waals surface area (Å²) in [5, 5.41) is 3.06. The fourth-order valence-corrected chi connectivity index (χ4v) is 1.49. The lowest BCUT2D eigenvalue weighted by atomic mass is 10.1. The van der Waals surface area contributed by atoms with E-state index in [2.05, 4.69) is 11.9 Å². The van der Waals surface area contributed by atoms with Crippen molar-refractivity contribution in [1.29, 1.82) is 0 Å². The Bertz CT molecular complexity index is 373. The maximum atomic E-state index is 11.4. The molecule has 2 rings (SSSR count). The van der Waals surface area contributed by atoms with Crippen LogP contribution in [0.4, 0.5) is 0 Å². The molecule has 1 aliphatic rings. The van der Waals surface area contributed by atoms with Crippen molar-refractivity contribution in [2.24, 2.45) is 0 Å². The van der Waals surface area contributed by atoms with Gasteiger partial charge in [-0.25, -0.2) is 4.79 Å². The quantitative estimate of drug-likeness (QED) is 0.580. The van der Waals surface area contributed by atoms with Gasteiger partial charge in [0.15, 0.2) is 6.23 Å². The van der Waals surface area contributed by atoms with Gasteiger partial charge in [-0.1, -0.05) is 24.3 Å². The summed E-state index contributed by atoms with van der Waals surface area (Å²) in [7, 11) is 0. The monoisotopic (exact) mass is 189 g/mol. The van der Waals surface area contributed by atoms with Crippen LogP contribution >= 0.6 is 0 Å². The zero-order valence-corrected chi connectivity index (χ0v) is 7.69. The van der Waals surface area contributed by atoms with Gasteiger partial charge in [0.2, 0.25) is 0 Å². The fourth-order valence-electron chi connectivity index (χ4n) is 1.49. The number of ether oxygens (including phenoxy) is 1. The molecule has 0 bridgehead atoms. The van der Waals surface area contributed by atoms with Crippen LogP contribution in [0.15, 0.2) is 36.9 Å². The molecule has 0 amide bonds. The fraction of sp³-hybridized carbons (Fsp3) is 0.182. The number of rotatable bonds is 3. The minimum absolute atomic E-state index is 0.262. The highest BCUT2D eigenvalue weighted by Gasteiger charge is 2.29. The first-order valence-corrected chi connectivity index (χ1v) is 4.47. The SMILES string of the molecule is C=CCNC1OC(=O)c2ccccc21. The van der Waals surface area contributed by atoms with E-state index in [1.165, 1.54) is 0 Å². The summed E-state index contributed by atoms with van der Waals surface area (Å²) in [5.74, 6) is -0.262. The van der Waals surface area contributed by atoms with Crippen molar-refractivity contribution in [3.8, 4) is 0 Å². The van der Waals surface area contributed by atoms with Crippen LogP contribution in [0.25, 0.3) is 0 Å². The third kappa shape index (κ3) is 1.42. The van der Waals surface area contributed by atoms with Gasteiger partial charge in [-0.15, -0.1) is 6.58 Å². The first-order chi connectivity index (χ1) is 6.83. The standard InChI is InChI=1S/C11H11NO2/c1-2-7-12-10-8-5-3-4-6-9(8)11(13)14-10/h2-6,10,12H,1,7H2. The molecule has 1 heterocycles. The van der Waals surface area contributed by atoms with Crippen LogP contribution in [0.5, 0.6) is 0 Å². The van der Waals surface area contributed by atoms with Crippen molar-refractivity contribution in [1.82, 2.24) is 5.32 Å². The molecule has 3 nitrogen and oxygen atoms in total. The van der Waals surface area contributed by atoms with Crippen molar-refractivity contribution in [3.05, 3.63) is 48.0 Å². The molecule has 0 aromatic heterocycles. The van der Waals surface area contributed by atoms with Crippen molar-refractivity contribution < 1.29 is 9.53 Å². The molecule has 72 valence electrons. The van der Waals surface area contributed by atoms with Gasteiger partial charge in [-0.2, -0.15) is 0 Å². The minimum Gasteiger partial charge on any atom is -0.439 e. The van der Waals surface area contributed by atoms with Crippen LogP contribution < -0.4 is 5.32 Å². The molecule has 0 fully saturated rings.